The second kappa shape index (κ2) is 5.63. The Morgan fingerprint density at radius 1 is 1.39 bits per heavy atom. The van der Waals surface area contributed by atoms with Gasteiger partial charge in [-0.3, -0.25) is 4.68 Å². The summed E-state index contributed by atoms with van der Waals surface area (Å²) in [7, 11) is 3.59. The number of aromatic nitrogens is 5. The molecule has 0 radical (unpaired) electrons. The van der Waals surface area contributed by atoms with Crippen LogP contribution in [0.1, 0.15) is 5.82 Å². The lowest BCUT2D eigenvalue weighted by Crippen LogP contribution is -2.09. The molecule has 0 aliphatic rings. The zero-order valence-electron chi connectivity index (χ0n) is 10.2. The molecule has 7 nitrogen and oxygen atoms in total. The van der Waals surface area contributed by atoms with E-state index in [1.165, 1.54) is 0 Å². The first-order valence-corrected chi connectivity index (χ1v) is 5.85. The Morgan fingerprint density at radius 2 is 2.22 bits per heavy atom. The van der Waals surface area contributed by atoms with Crippen molar-refractivity contribution in [3.05, 3.63) is 23.4 Å². The molecule has 2 rings (SSSR count). The Balaban J connectivity index is 1.93. The van der Waals surface area contributed by atoms with Gasteiger partial charge in [0.15, 0.2) is 5.82 Å². The first-order valence-electron chi connectivity index (χ1n) is 5.47. The van der Waals surface area contributed by atoms with Crippen LogP contribution in [0.15, 0.2) is 12.5 Å². The zero-order valence-corrected chi connectivity index (χ0v) is 10.9. The molecule has 0 bridgehead atoms. The molecule has 18 heavy (non-hydrogen) atoms. The summed E-state index contributed by atoms with van der Waals surface area (Å²) in [4.78, 5) is 12.4. The van der Waals surface area contributed by atoms with Gasteiger partial charge in [-0.05, 0) is 0 Å². The van der Waals surface area contributed by atoms with E-state index in [2.05, 4.69) is 30.7 Å². The van der Waals surface area contributed by atoms with E-state index in [0.717, 1.165) is 5.82 Å². The predicted octanol–water partition coefficient (Wildman–Crippen LogP) is 0.955. The van der Waals surface area contributed by atoms with E-state index >= 15 is 0 Å². The molecule has 0 saturated heterocycles. The Hall–Kier alpha value is -1.89. The third kappa shape index (κ3) is 3.07. The van der Waals surface area contributed by atoms with Crippen molar-refractivity contribution >= 4 is 23.4 Å². The number of hydrogen-bond acceptors (Lipinski definition) is 6. The van der Waals surface area contributed by atoms with Crippen LogP contribution in [-0.2, 0) is 13.5 Å². The second-order valence-electron chi connectivity index (χ2n) is 3.65. The highest BCUT2D eigenvalue weighted by molar-refractivity contribution is 6.32. The average Bonchev–Trinajstić information content (AvgIpc) is 2.77. The summed E-state index contributed by atoms with van der Waals surface area (Å²) in [5.74, 6) is 1.91. The molecule has 2 N–H and O–H groups in total. The fourth-order valence-electron chi connectivity index (χ4n) is 1.40. The Kier molecular flexibility index (Phi) is 3.93. The van der Waals surface area contributed by atoms with Crippen molar-refractivity contribution in [3.8, 4) is 0 Å². The van der Waals surface area contributed by atoms with Gasteiger partial charge in [0, 0.05) is 27.1 Å². The van der Waals surface area contributed by atoms with Crippen molar-refractivity contribution in [1.29, 1.82) is 0 Å². The lowest BCUT2D eigenvalue weighted by atomic mass is 10.4. The van der Waals surface area contributed by atoms with Crippen molar-refractivity contribution in [3.63, 3.8) is 0 Å². The topological polar surface area (TPSA) is 80.5 Å². The number of halogens is 1. The molecule has 8 heteroatoms. The van der Waals surface area contributed by atoms with Crippen LogP contribution in [0.5, 0.6) is 0 Å². The van der Waals surface area contributed by atoms with Crippen LogP contribution in [0.3, 0.4) is 0 Å². The van der Waals surface area contributed by atoms with Crippen molar-refractivity contribution in [2.45, 2.75) is 6.42 Å². The first kappa shape index (κ1) is 12.6. The van der Waals surface area contributed by atoms with Crippen LogP contribution in [0.25, 0.3) is 0 Å². The molecular weight excluding hydrogens is 254 g/mol. The molecule has 0 aliphatic heterocycles. The standard InChI is InChI=1S/C10H14ClN7/c1-12-10-14-5-7(11)9(16-10)13-4-3-8-15-6-18(2)17-8/h5-6H,3-4H2,1-2H3,(H2,12,13,14,16). The van der Waals surface area contributed by atoms with Gasteiger partial charge in [0.25, 0.3) is 0 Å². The number of nitrogens with zero attached hydrogens (tertiary/aromatic N) is 5. The summed E-state index contributed by atoms with van der Waals surface area (Å²) in [6.07, 6.45) is 3.93. The SMILES string of the molecule is CNc1ncc(Cl)c(NCCc2ncn(C)n2)n1. The largest absolute Gasteiger partial charge is 0.368 e. The monoisotopic (exact) mass is 267 g/mol. The minimum Gasteiger partial charge on any atom is -0.368 e. The van der Waals surface area contributed by atoms with E-state index in [0.29, 0.717) is 29.8 Å². The molecule has 2 aromatic rings. The highest BCUT2D eigenvalue weighted by atomic mass is 35.5. The third-order valence-electron chi connectivity index (χ3n) is 2.26. The minimum atomic E-state index is 0.489. The number of hydrogen-bond donors (Lipinski definition) is 2. The number of rotatable bonds is 5. The Bertz CT molecular complexity index is 525. The first-order chi connectivity index (χ1) is 8.69. The molecule has 0 aromatic carbocycles. The van der Waals surface area contributed by atoms with E-state index in [4.69, 9.17) is 11.6 Å². The van der Waals surface area contributed by atoms with Crippen LogP contribution in [0.2, 0.25) is 5.02 Å². The third-order valence-corrected chi connectivity index (χ3v) is 2.53. The fraction of sp³-hybridized carbons (Fsp3) is 0.400. The smallest absolute Gasteiger partial charge is 0.224 e. The molecule has 0 aliphatic carbocycles. The molecule has 2 heterocycles. The molecule has 0 unspecified atom stereocenters. The van der Waals surface area contributed by atoms with Gasteiger partial charge >= 0.3 is 0 Å². The Labute approximate surface area is 110 Å². The maximum Gasteiger partial charge on any atom is 0.224 e. The lowest BCUT2D eigenvalue weighted by molar-refractivity contribution is 0.742. The molecule has 0 amide bonds. The van der Waals surface area contributed by atoms with E-state index in [1.54, 1.807) is 24.3 Å². The minimum absolute atomic E-state index is 0.489. The normalized spacial score (nSPS) is 10.4. The average molecular weight is 268 g/mol. The van der Waals surface area contributed by atoms with Crippen LogP contribution >= 0.6 is 11.6 Å². The lowest BCUT2D eigenvalue weighted by Gasteiger charge is -2.07. The van der Waals surface area contributed by atoms with E-state index in [1.807, 2.05) is 7.05 Å². The summed E-state index contributed by atoms with van der Waals surface area (Å²) in [6.45, 7) is 0.657. The van der Waals surface area contributed by atoms with Gasteiger partial charge in [0.1, 0.15) is 17.2 Å². The van der Waals surface area contributed by atoms with Gasteiger partial charge in [0.2, 0.25) is 5.95 Å². The zero-order chi connectivity index (χ0) is 13.0. The number of anilines is 2. The predicted molar refractivity (Wildman–Crippen MR) is 69.8 cm³/mol. The van der Waals surface area contributed by atoms with Crippen LogP contribution < -0.4 is 10.6 Å². The number of aryl methyl sites for hydroxylation is 1. The maximum atomic E-state index is 5.99. The van der Waals surface area contributed by atoms with E-state index in [9.17, 15) is 0 Å². The van der Waals surface area contributed by atoms with Gasteiger partial charge in [-0.15, -0.1) is 0 Å². The summed E-state index contributed by atoms with van der Waals surface area (Å²) >= 11 is 5.99. The van der Waals surface area contributed by atoms with Gasteiger partial charge in [-0.2, -0.15) is 10.1 Å². The second-order valence-corrected chi connectivity index (χ2v) is 4.06. The molecular formula is C10H14ClN7. The van der Waals surface area contributed by atoms with Crippen molar-refractivity contribution in [2.75, 3.05) is 24.2 Å². The molecule has 0 spiro atoms. The highest BCUT2D eigenvalue weighted by Gasteiger charge is 2.05. The van der Waals surface area contributed by atoms with Crippen molar-refractivity contribution in [2.24, 2.45) is 7.05 Å². The van der Waals surface area contributed by atoms with Gasteiger partial charge in [-0.1, -0.05) is 11.6 Å². The molecule has 0 saturated carbocycles. The van der Waals surface area contributed by atoms with Gasteiger partial charge in [-0.25, -0.2) is 9.97 Å². The summed E-state index contributed by atoms with van der Waals surface area (Å²) in [5, 5.41) is 10.7. The summed E-state index contributed by atoms with van der Waals surface area (Å²) in [5.41, 5.74) is 0. The van der Waals surface area contributed by atoms with E-state index in [-0.39, 0.29) is 0 Å². The van der Waals surface area contributed by atoms with Gasteiger partial charge < -0.3 is 10.6 Å². The molecule has 96 valence electrons. The summed E-state index contributed by atoms with van der Waals surface area (Å²) < 4.78 is 1.67. The van der Waals surface area contributed by atoms with E-state index < -0.39 is 0 Å². The van der Waals surface area contributed by atoms with Crippen LogP contribution in [-0.4, -0.2) is 38.3 Å². The van der Waals surface area contributed by atoms with Gasteiger partial charge in [0.05, 0.1) is 6.20 Å². The summed E-state index contributed by atoms with van der Waals surface area (Å²) in [6, 6.07) is 0. The molecule has 0 atom stereocenters. The maximum absolute atomic E-state index is 5.99. The number of nitrogens with one attached hydrogen (secondary N) is 2. The molecule has 2 aromatic heterocycles. The molecule has 0 fully saturated rings. The quantitative estimate of drug-likeness (QED) is 0.840. The van der Waals surface area contributed by atoms with Crippen LogP contribution in [0, 0.1) is 0 Å². The van der Waals surface area contributed by atoms with Crippen LogP contribution in [0.4, 0.5) is 11.8 Å². The van der Waals surface area contributed by atoms with Crippen molar-refractivity contribution < 1.29 is 0 Å². The van der Waals surface area contributed by atoms with Crippen molar-refractivity contribution in [1.82, 2.24) is 24.7 Å². The Morgan fingerprint density at radius 3 is 2.89 bits per heavy atom. The fourth-order valence-corrected chi connectivity index (χ4v) is 1.56. The highest BCUT2D eigenvalue weighted by Crippen LogP contribution is 2.18.